The number of carbonyl (C=O) groups is 1. The molecule has 0 aromatic heterocycles. The molecular weight excluding hydrogens is 372 g/mol. The largest absolute Gasteiger partial charge is 0.289 e. The highest BCUT2D eigenvalue weighted by Gasteiger charge is 2.38. The van der Waals surface area contributed by atoms with Crippen molar-refractivity contribution in [2.24, 2.45) is 0 Å². The van der Waals surface area contributed by atoms with Gasteiger partial charge in [0.2, 0.25) is 6.54 Å². The van der Waals surface area contributed by atoms with Crippen molar-refractivity contribution < 1.29 is 14.6 Å². The molecule has 1 atom stereocenters. The van der Waals surface area contributed by atoms with E-state index in [4.69, 9.17) is 0 Å². The fraction of sp³-hybridized carbons (Fsp3) is 0.136. The zero-order chi connectivity index (χ0) is 20.5. The monoisotopic (exact) mass is 388 g/mol. The van der Waals surface area contributed by atoms with Gasteiger partial charge >= 0.3 is 0 Å². The molecule has 3 aromatic carbocycles. The number of nitro benzene ring substituents is 1. The third kappa shape index (κ3) is 3.27. The molecule has 3 aromatic rings. The van der Waals surface area contributed by atoms with Gasteiger partial charge in [0.15, 0.2) is 5.78 Å². The van der Waals surface area contributed by atoms with E-state index >= 15 is 0 Å². The Morgan fingerprint density at radius 2 is 1.41 bits per heavy atom. The molecule has 0 bridgehead atoms. The number of ketones is 1. The summed E-state index contributed by atoms with van der Waals surface area (Å²) in [7, 11) is 0. The molecule has 0 amide bonds. The third-order valence-corrected chi connectivity index (χ3v) is 5.34. The van der Waals surface area contributed by atoms with Gasteiger partial charge in [0, 0.05) is 34.1 Å². The minimum Gasteiger partial charge on any atom is -0.289 e. The summed E-state index contributed by atoms with van der Waals surface area (Å²) in [6.07, 6.45) is 0. The normalized spacial score (nSPS) is 14.0. The zero-order valence-corrected chi connectivity index (χ0v) is 15.2. The lowest BCUT2D eigenvalue weighted by Crippen LogP contribution is -2.27. The van der Waals surface area contributed by atoms with Gasteiger partial charge in [0.1, 0.15) is 0 Å². The van der Waals surface area contributed by atoms with Crippen molar-refractivity contribution >= 4 is 11.5 Å². The number of nitro groups is 2. The van der Waals surface area contributed by atoms with Gasteiger partial charge in [0.25, 0.3) is 5.69 Å². The summed E-state index contributed by atoms with van der Waals surface area (Å²) in [6.45, 7) is -0.414. The fourth-order valence-corrected chi connectivity index (χ4v) is 4.13. The SMILES string of the molecule is O=C1c2ccccc2C(C(C[N+](=O)[O-])c2cccc([N+](=O)[O-])c2)c2ccccc21. The number of hydrogen-bond acceptors (Lipinski definition) is 5. The van der Waals surface area contributed by atoms with Gasteiger partial charge in [-0.3, -0.25) is 25.0 Å². The highest BCUT2D eigenvalue weighted by molar-refractivity contribution is 6.12. The van der Waals surface area contributed by atoms with Crippen LogP contribution in [0.5, 0.6) is 0 Å². The van der Waals surface area contributed by atoms with E-state index in [0.717, 1.165) is 0 Å². The van der Waals surface area contributed by atoms with Crippen molar-refractivity contribution in [3.8, 4) is 0 Å². The summed E-state index contributed by atoms with van der Waals surface area (Å²) < 4.78 is 0. The molecule has 0 aliphatic heterocycles. The lowest BCUT2D eigenvalue weighted by Gasteiger charge is -2.32. The molecule has 7 nitrogen and oxygen atoms in total. The Morgan fingerprint density at radius 1 is 0.828 bits per heavy atom. The first kappa shape index (κ1) is 18.5. The molecule has 0 spiro atoms. The van der Waals surface area contributed by atoms with E-state index in [1.807, 2.05) is 0 Å². The first-order valence-electron chi connectivity index (χ1n) is 9.06. The zero-order valence-electron chi connectivity index (χ0n) is 15.2. The van der Waals surface area contributed by atoms with Crippen LogP contribution in [0, 0.1) is 20.2 Å². The van der Waals surface area contributed by atoms with E-state index < -0.39 is 28.2 Å². The Hall–Kier alpha value is -3.87. The van der Waals surface area contributed by atoms with Crippen molar-refractivity contribution in [1.29, 1.82) is 0 Å². The van der Waals surface area contributed by atoms with Crippen LogP contribution in [0.15, 0.2) is 72.8 Å². The highest BCUT2D eigenvalue weighted by Crippen LogP contribution is 2.45. The lowest BCUT2D eigenvalue weighted by molar-refractivity contribution is -0.483. The van der Waals surface area contributed by atoms with E-state index in [9.17, 15) is 25.0 Å². The topological polar surface area (TPSA) is 103 Å². The maximum atomic E-state index is 13.0. The lowest BCUT2D eigenvalue weighted by atomic mass is 9.70. The second-order valence-electron chi connectivity index (χ2n) is 6.96. The minimum absolute atomic E-state index is 0.119. The van der Waals surface area contributed by atoms with Gasteiger partial charge in [-0.1, -0.05) is 60.7 Å². The molecule has 1 aliphatic carbocycles. The smallest absolute Gasteiger partial charge is 0.269 e. The van der Waals surface area contributed by atoms with Crippen LogP contribution in [-0.2, 0) is 0 Å². The Balaban J connectivity index is 1.95. The van der Waals surface area contributed by atoms with Crippen LogP contribution in [0.1, 0.15) is 44.4 Å². The van der Waals surface area contributed by atoms with Crippen LogP contribution < -0.4 is 0 Å². The molecule has 0 radical (unpaired) electrons. The van der Waals surface area contributed by atoms with Crippen LogP contribution in [-0.4, -0.2) is 22.2 Å². The number of benzene rings is 3. The molecule has 0 saturated heterocycles. The summed E-state index contributed by atoms with van der Waals surface area (Å²) in [5.41, 5.74) is 2.80. The van der Waals surface area contributed by atoms with E-state index in [-0.39, 0.29) is 11.5 Å². The predicted octanol–water partition coefficient (Wildman–Crippen LogP) is 4.33. The van der Waals surface area contributed by atoms with Crippen molar-refractivity contribution in [2.75, 3.05) is 6.54 Å². The van der Waals surface area contributed by atoms with Crippen molar-refractivity contribution in [3.05, 3.63) is 121 Å². The number of fused-ring (bicyclic) bond motifs is 2. The summed E-state index contributed by atoms with van der Waals surface area (Å²) in [5, 5.41) is 22.8. The Bertz CT molecular complexity index is 1090. The van der Waals surface area contributed by atoms with Crippen LogP contribution in [0.25, 0.3) is 0 Å². The Labute approximate surface area is 165 Å². The minimum atomic E-state index is -0.666. The molecule has 0 heterocycles. The molecule has 144 valence electrons. The first-order valence-corrected chi connectivity index (χ1v) is 9.06. The number of non-ortho nitro benzene ring substituents is 1. The summed E-state index contributed by atoms with van der Waals surface area (Å²) in [5.74, 6) is -1.25. The number of hydrogen-bond donors (Lipinski definition) is 0. The van der Waals surface area contributed by atoms with E-state index in [0.29, 0.717) is 27.8 Å². The second kappa shape index (κ2) is 7.27. The van der Waals surface area contributed by atoms with Gasteiger partial charge in [-0.05, 0) is 16.7 Å². The van der Waals surface area contributed by atoms with E-state index in [2.05, 4.69) is 0 Å². The van der Waals surface area contributed by atoms with E-state index in [1.54, 1.807) is 54.6 Å². The van der Waals surface area contributed by atoms with Gasteiger partial charge in [-0.15, -0.1) is 0 Å². The number of nitrogens with zero attached hydrogens (tertiary/aromatic N) is 2. The second-order valence-corrected chi connectivity index (χ2v) is 6.96. The quantitative estimate of drug-likeness (QED) is 0.478. The van der Waals surface area contributed by atoms with Crippen LogP contribution in [0.3, 0.4) is 0 Å². The predicted molar refractivity (Wildman–Crippen MR) is 106 cm³/mol. The molecule has 0 N–H and O–H groups in total. The molecule has 0 fully saturated rings. The van der Waals surface area contributed by atoms with Crippen molar-refractivity contribution in [1.82, 2.24) is 0 Å². The summed E-state index contributed by atoms with van der Waals surface area (Å²) in [4.78, 5) is 34.8. The van der Waals surface area contributed by atoms with Gasteiger partial charge in [0.05, 0.1) is 10.8 Å². The van der Waals surface area contributed by atoms with E-state index in [1.165, 1.54) is 18.2 Å². The first-order chi connectivity index (χ1) is 14.0. The van der Waals surface area contributed by atoms with Gasteiger partial charge in [-0.25, -0.2) is 0 Å². The highest BCUT2D eigenvalue weighted by atomic mass is 16.6. The van der Waals surface area contributed by atoms with Gasteiger partial charge < -0.3 is 0 Å². The fourth-order valence-electron chi connectivity index (χ4n) is 4.13. The molecule has 0 saturated carbocycles. The maximum Gasteiger partial charge on any atom is 0.269 e. The average molecular weight is 388 g/mol. The molecule has 1 aliphatic rings. The Morgan fingerprint density at radius 3 is 1.97 bits per heavy atom. The van der Waals surface area contributed by atoms with Crippen LogP contribution >= 0.6 is 0 Å². The molecule has 4 rings (SSSR count). The molecule has 1 unspecified atom stereocenters. The summed E-state index contributed by atoms with van der Waals surface area (Å²) in [6, 6.07) is 20.1. The average Bonchev–Trinajstić information content (AvgIpc) is 2.73. The van der Waals surface area contributed by atoms with Crippen LogP contribution in [0.4, 0.5) is 5.69 Å². The number of carbonyl (C=O) groups excluding carboxylic acids is 1. The third-order valence-electron chi connectivity index (χ3n) is 5.34. The standard InChI is InChI=1S/C22H16N2O5/c25-22-18-10-3-1-8-16(18)21(17-9-2-4-11-19(17)22)20(13-23(26)27)14-6-5-7-15(12-14)24(28)29/h1-12,20-21H,13H2. The maximum absolute atomic E-state index is 13.0. The molecule has 7 heteroatoms. The van der Waals surface area contributed by atoms with Crippen molar-refractivity contribution in [2.45, 2.75) is 11.8 Å². The van der Waals surface area contributed by atoms with Gasteiger partial charge in [-0.2, -0.15) is 0 Å². The Kier molecular flexibility index (Phi) is 4.64. The van der Waals surface area contributed by atoms with Crippen molar-refractivity contribution in [3.63, 3.8) is 0 Å². The number of rotatable bonds is 5. The summed E-state index contributed by atoms with van der Waals surface area (Å²) >= 11 is 0. The van der Waals surface area contributed by atoms with Crippen LogP contribution in [0.2, 0.25) is 0 Å². The molecule has 29 heavy (non-hydrogen) atoms. The molecular formula is C22H16N2O5.